The fraction of sp³-hybridized carbons (Fsp3) is 0.219. The summed E-state index contributed by atoms with van der Waals surface area (Å²) in [4.78, 5) is 4.93. The molecule has 1 aliphatic heterocycles. The fourth-order valence-electron chi connectivity index (χ4n) is 5.01. The largest absolute Gasteiger partial charge is 0.493 e. The molecule has 5 rings (SSSR count). The van der Waals surface area contributed by atoms with E-state index in [4.69, 9.17) is 23.9 Å². The number of fused-ring (bicyclic) bond motifs is 1. The topological polar surface area (TPSA) is 49.3 Å². The number of hydrogen-bond donors (Lipinski definition) is 0. The van der Waals surface area contributed by atoms with Gasteiger partial charge in [0.15, 0.2) is 23.0 Å². The van der Waals surface area contributed by atoms with Crippen LogP contribution in [0.25, 0.3) is 22.3 Å². The van der Waals surface area contributed by atoms with Gasteiger partial charge in [-0.05, 0) is 46.9 Å². The molecule has 0 aliphatic carbocycles. The molecular weight excluding hydrogens is 462 g/mol. The minimum absolute atomic E-state index is 0.676. The van der Waals surface area contributed by atoms with Crippen LogP contribution >= 0.6 is 0 Å². The van der Waals surface area contributed by atoms with Crippen molar-refractivity contribution in [1.29, 1.82) is 0 Å². The van der Waals surface area contributed by atoms with Crippen molar-refractivity contribution in [1.82, 2.24) is 0 Å². The van der Waals surface area contributed by atoms with E-state index in [1.165, 1.54) is 11.1 Å². The molecule has 188 valence electrons. The highest BCUT2D eigenvalue weighted by molar-refractivity contribution is 6.06. The summed E-state index contributed by atoms with van der Waals surface area (Å²) in [6.07, 6.45) is 1.48. The Kier molecular flexibility index (Phi) is 7.13. The second kappa shape index (κ2) is 10.8. The molecule has 4 aromatic carbocycles. The van der Waals surface area contributed by atoms with Crippen molar-refractivity contribution < 1.29 is 18.9 Å². The summed E-state index contributed by atoms with van der Waals surface area (Å²) < 4.78 is 22.8. The molecular formula is C32H31NO4. The first-order valence-corrected chi connectivity index (χ1v) is 12.3. The van der Waals surface area contributed by atoms with Crippen molar-refractivity contribution in [2.75, 3.05) is 35.0 Å². The maximum atomic E-state index is 5.94. The molecule has 0 saturated carbocycles. The number of nitrogens with zero attached hydrogens (tertiary/aromatic N) is 1. The molecule has 0 radical (unpaired) electrons. The molecule has 0 aromatic heterocycles. The average Bonchev–Trinajstić information content (AvgIpc) is 2.96. The summed E-state index contributed by atoms with van der Waals surface area (Å²) >= 11 is 0. The summed E-state index contributed by atoms with van der Waals surface area (Å²) in [6.45, 7) is 0.709. The lowest BCUT2D eigenvalue weighted by Crippen LogP contribution is -2.17. The zero-order valence-electron chi connectivity index (χ0n) is 21.7. The smallest absolute Gasteiger partial charge is 0.168 e. The normalized spacial score (nSPS) is 12.4. The van der Waals surface area contributed by atoms with Crippen LogP contribution < -0.4 is 18.9 Å². The highest BCUT2D eigenvalue weighted by Crippen LogP contribution is 2.44. The Morgan fingerprint density at radius 1 is 0.622 bits per heavy atom. The van der Waals surface area contributed by atoms with Crippen LogP contribution in [0.2, 0.25) is 0 Å². The number of benzene rings is 4. The number of methoxy groups -OCH3 is 4. The third-order valence-electron chi connectivity index (χ3n) is 6.84. The van der Waals surface area contributed by atoms with Gasteiger partial charge >= 0.3 is 0 Å². The zero-order valence-corrected chi connectivity index (χ0v) is 21.7. The van der Waals surface area contributed by atoms with Crippen LogP contribution in [0.15, 0.2) is 83.9 Å². The molecule has 1 heterocycles. The van der Waals surface area contributed by atoms with Crippen molar-refractivity contribution >= 4 is 5.71 Å². The lowest BCUT2D eigenvalue weighted by molar-refractivity contribution is 0.352. The van der Waals surface area contributed by atoms with Gasteiger partial charge in [0.2, 0.25) is 0 Å². The van der Waals surface area contributed by atoms with Crippen molar-refractivity contribution in [2.24, 2.45) is 4.99 Å². The molecule has 5 heteroatoms. The van der Waals surface area contributed by atoms with E-state index in [0.29, 0.717) is 24.5 Å². The summed E-state index contributed by atoms with van der Waals surface area (Å²) in [5.74, 6) is 2.95. The van der Waals surface area contributed by atoms with Crippen LogP contribution in [0.4, 0.5) is 0 Å². The lowest BCUT2D eigenvalue weighted by Gasteiger charge is -2.24. The van der Waals surface area contributed by atoms with Crippen LogP contribution in [0.1, 0.15) is 16.7 Å². The standard InChI is InChI=1S/C32H31NO4/c1-34-29-15-10-21(19-30(29)35-2)18-28-27-20-26(32(37-4)31(36-3)25(27)16-17-33-28)24-13-11-23(12-14-24)22-8-6-5-7-9-22/h5-15,19-20H,16-18H2,1-4H3. The third-order valence-corrected chi connectivity index (χ3v) is 6.84. The van der Waals surface area contributed by atoms with Crippen LogP contribution in [-0.4, -0.2) is 40.7 Å². The molecule has 4 aromatic rings. The predicted molar refractivity (Wildman–Crippen MR) is 149 cm³/mol. The summed E-state index contributed by atoms with van der Waals surface area (Å²) in [5, 5.41) is 0. The second-order valence-corrected chi connectivity index (χ2v) is 8.90. The Labute approximate surface area is 218 Å². The maximum Gasteiger partial charge on any atom is 0.168 e. The molecule has 5 nitrogen and oxygen atoms in total. The Hall–Kier alpha value is -4.25. The summed E-state index contributed by atoms with van der Waals surface area (Å²) in [7, 11) is 6.71. The predicted octanol–water partition coefficient (Wildman–Crippen LogP) is 6.64. The second-order valence-electron chi connectivity index (χ2n) is 8.90. The molecule has 0 unspecified atom stereocenters. The first-order chi connectivity index (χ1) is 18.2. The minimum atomic E-state index is 0.676. The summed E-state index contributed by atoms with van der Waals surface area (Å²) in [5.41, 5.74) is 8.77. The van der Waals surface area contributed by atoms with Gasteiger partial charge in [0.05, 0.1) is 28.4 Å². The van der Waals surface area contributed by atoms with E-state index < -0.39 is 0 Å². The Morgan fingerprint density at radius 3 is 1.97 bits per heavy atom. The van der Waals surface area contributed by atoms with E-state index in [-0.39, 0.29) is 0 Å². The van der Waals surface area contributed by atoms with Gasteiger partial charge in [-0.1, -0.05) is 60.7 Å². The van der Waals surface area contributed by atoms with E-state index in [9.17, 15) is 0 Å². The SMILES string of the molecule is COc1ccc(CC2=NCCc3c2cc(-c2ccc(-c4ccccc4)cc2)c(OC)c3OC)cc1OC. The number of hydrogen-bond acceptors (Lipinski definition) is 5. The van der Waals surface area contributed by atoms with Crippen molar-refractivity contribution in [2.45, 2.75) is 12.8 Å². The van der Waals surface area contributed by atoms with Gasteiger partial charge in [-0.15, -0.1) is 0 Å². The van der Waals surface area contributed by atoms with Crippen LogP contribution in [0.5, 0.6) is 23.0 Å². The summed E-state index contributed by atoms with van der Waals surface area (Å²) in [6, 6.07) is 27.2. The molecule has 0 amide bonds. The van der Waals surface area contributed by atoms with Crippen LogP contribution in [0.3, 0.4) is 0 Å². The Balaban J connectivity index is 1.56. The van der Waals surface area contributed by atoms with Gasteiger partial charge in [-0.2, -0.15) is 0 Å². The lowest BCUT2D eigenvalue weighted by atomic mass is 9.88. The Morgan fingerprint density at radius 2 is 1.30 bits per heavy atom. The first-order valence-electron chi connectivity index (χ1n) is 12.3. The molecule has 37 heavy (non-hydrogen) atoms. The third kappa shape index (κ3) is 4.77. The average molecular weight is 494 g/mol. The van der Waals surface area contributed by atoms with Gasteiger partial charge in [-0.25, -0.2) is 0 Å². The maximum absolute atomic E-state index is 5.94. The fourth-order valence-corrected chi connectivity index (χ4v) is 5.01. The molecule has 0 saturated heterocycles. The quantitative estimate of drug-likeness (QED) is 0.276. The monoisotopic (exact) mass is 493 g/mol. The van der Waals surface area contributed by atoms with Gasteiger partial charge < -0.3 is 18.9 Å². The van der Waals surface area contributed by atoms with Gasteiger partial charge in [0, 0.05) is 35.4 Å². The zero-order chi connectivity index (χ0) is 25.8. The molecule has 1 aliphatic rings. The van der Waals surface area contributed by atoms with Gasteiger partial charge in [-0.3, -0.25) is 4.99 Å². The first kappa shape index (κ1) is 24.4. The highest BCUT2D eigenvalue weighted by Gasteiger charge is 2.25. The minimum Gasteiger partial charge on any atom is -0.493 e. The Bertz CT molecular complexity index is 1430. The molecule has 0 bridgehead atoms. The van der Waals surface area contributed by atoms with E-state index in [0.717, 1.165) is 51.4 Å². The number of aliphatic imine (C=N–C) groups is 1. The van der Waals surface area contributed by atoms with E-state index >= 15 is 0 Å². The van der Waals surface area contributed by atoms with E-state index in [2.05, 4.69) is 60.7 Å². The van der Waals surface area contributed by atoms with Crippen LogP contribution in [-0.2, 0) is 12.8 Å². The van der Waals surface area contributed by atoms with Crippen molar-refractivity contribution in [3.63, 3.8) is 0 Å². The van der Waals surface area contributed by atoms with Crippen molar-refractivity contribution in [3.8, 4) is 45.3 Å². The highest BCUT2D eigenvalue weighted by atomic mass is 16.5. The van der Waals surface area contributed by atoms with Gasteiger partial charge in [0.25, 0.3) is 0 Å². The molecule has 0 atom stereocenters. The molecule has 0 N–H and O–H groups in total. The van der Waals surface area contributed by atoms with Crippen molar-refractivity contribution in [3.05, 3.63) is 95.6 Å². The number of rotatable bonds is 8. The molecule has 0 fully saturated rings. The van der Waals surface area contributed by atoms with E-state index in [1.807, 2.05) is 18.2 Å². The molecule has 0 spiro atoms. The van der Waals surface area contributed by atoms with Crippen LogP contribution in [0, 0.1) is 0 Å². The van der Waals surface area contributed by atoms with Gasteiger partial charge in [0.1, 0.15) is 0 Å². The van der Waals surface area contributed by atoms with E-state index in [1.54, 1.807) is 28.4 Å². The number of ether oxygens (including phenoxy) is 4.